The average Bonchev–Trinajstić information content (AvgIpc) is 3.54. The lowest BCUT2D eigenvalue weighted by molar-refractivity contribution is 0.0996. The summed E-state index contributed by atoms with van der Waals surface area (Å²) in [7, 11) is -2.39. The number of sulfone groups is 1. The number of thioether (sulfide) groups is 1. The van der Waals surface area contributed by atoms with E-state index in [2.05, 4.69) is 15.6 Å². The molecule has 38 heavy (non-hydrogen) atoms. The van der Waals surface area contributed by atoms with Crippen molar-refractivity contribution in [2.24, 2.45) is 5.73 Å². The van der Waals surface area contributed by atoms with Crippen LogP contribution in [0.25, 0.3) is 10.8 Å². The Bertz CT molecular complexity index is 1570. The molecular weight excluding hydrogens is 524 g/mol. The van der Waals surface area contributed by atoms with Crippen LogP contribution in [-0.4, -0.2) is 54.3 Å². The largest absolute Gasteiger partial charge is 0.497 e. The van der Waals surface area contributed by atoms with Crippen molar-refractivity contribution < 1.29 is 17.9 Å². The van der Waals surface area contributed by atoms with Crippen LogP contribution in [-0.2, 0) is 15.6 Å². The van der Waals surface area contributed by atoms with Gasteiger partial charge >= 0.3 is 0 Å². The number of nitrogens with two attached hydrogens (primary N) is 2. The van der Waals surface area contributed by atoms with E-state index in [1.165, 1.54) is 0 Å². The number of anilines is 1. The molecule has 4 aromatic rings. The van der Waals surface area contributed by atoms with Crippen LogP contribution in [0.2, 0.25) is 0 Å². The van der Waals surface area contributed by atoms with Crippen molar-refractivity contribution in [3.05, 3.63) is 78.0 Å². The molecule has 5 N–H and O–H groups in total. The van der Waals surface area contributed by atoms with E-state index in [9.17, 15) is 13.2 Å². The Morgan fingerprint density at radius 1 is 1.16 bits per heavy atom. The first kappa shape index (κ1) is 26.0. The van der Waals surface area contributed by atoms with Gasteiger partial charge in [0.15, 0.2) is 16.9 Å². The summed E-state index contributed by atoms with van der Waals surface area (Å²) in [6.45, 7) is 0.604. The number of nitrogens with one attached hydrogen (secondary N) is 1. The van der Waals surface area contributed by atoms with Crippen molar-refractivity contribution in [2.45, 2.75) is 33.7 Å². The first-order valence-electron chi connectivity index (χ1n) is 12.0. The lowest BCUT2D eigenvalue weighted by Crippen LogP contribution is -2.38. The molecule has 0 radical (unpaired) electrons. The zero-order chi connectivity index (χ0) is 26.9. The third-order valence-corrected chi connectivity index (χ3v) is 10.1. The monoisotopic (exact) mass is 552 g/mol. The van der Waals surface area contributed by atoms with Gasteiger partial charge in [-0.3, -0.25) is 4.79 Å². The van der Waals surface area contributed by atoms with E-state index in [1.807, 2.05) is 48.5 Å². The highest BCUT2D eigenvalue weighted by atomic mass is 32.2. The molecule has 1 aliphatic heterocycles. The summed E-state index contributed by atoms with van der Waals surface area (Å²) in [6.07, 6.45) is 0.545. The zero-order valence-electron chi connectivity index (χ0n) is 20.7. The minimum atomic E-state index is -4.02. The maximum Gasteiger partial charge on any atom is 0.273 e. The number of fused-ring (bicyclic) bond motifs is 1. The maximum atomic E-state index is 14.1. The van der Waals surface area contributed by atoms with E-state index < -0.39 is 27.2 Å². The van der Waals surface area contributed by atoms with Crippen LogP contribution in [0, 0.1) is 0 Å². The van der Waals surface area contributed by atoms with Gasteiger partial charge in [0.2, 0.25) is 9.84 Å². The van der Waals surface area contributed by atoms with Crippen molar-refractivity contribution in [3.8, 4) is 5.75 Å². The molecule has 12 heteroatoms. The molecule has 0 aliphatic carbocycles. The van der Waals surface area contributed by atoms with Crippen LogP contribution < -0.4 is 21.5 Å². The molecule has 0 bridgehead atoms. The van der Waals surface area contributed by atoms with Gasteiger partial charge in [-0.1, -0.05) is 47.7 Å². The van der Waals surface area contributed by atoms with Gasteiger partial charge in [-0.15, -0.1) is 5.10 Å². The molecule has 0 spiro atoms. The van der Waals surface area contributed by atoms with Gasteiger partial charge in [0.05, 0.1) is 12.0 Å². The summed E-state index contributed by atoms with van der Waals surface area (Å²) in [6, 6.07) is 19.9. The SMILES string of the molecule is COc1ccc(CSC2CNC(C(n3nnc(C(N)=O)c3N)S(=O)(=O)c3ccc4ccccc4c3)C2)cc1. The molecule has 5 rings (SSSR count). The zero-order valence-corrected chi connectivity index (χ0v) is 22.3. The fourth-order valence-electron chi connectivity index (χ4n) is 4.68. The predicted octanol–water partition coefficient (Wildman–Crippen LogP) is 2.76. The molecule has 10 nitrogen and oxygen atoms in total. The molecule has 1 amide bonds. The molecule has 1 aromatic heterocycles. The second-order valence-corrected chi connectivity index (χ2v) is 12.4. The number of amides is 1. The standard InChI is InChI=1S/C26H28N6O4S2/c1-36-19-9-6-16(7-10-19)15-37-20-13-22(29-14-20)26(32-24(27)23(25(28)33)30-31-32)38(34,35)21-11-8-17-4-2-3-5-18(17)12-21/h2-12,20,22,26,29H,13-15,27H2,1H3,(H2,28,33). The van der Waals surface area contributed by atoms with Gasteiger partial charge < -0.3 is 21.5 Å². The number of rotatable bonds is 9. The third kappa shape index (κ3) is 5.06. The van der Waals surface area contributed by atoms with E-state index in [4.69, 9.17) is 16.2 Å². The first-order valence-corrected chi connectivity index (χ1v) is 14.6. The number of aromatic nitrogens is 3. The maximum absolute atomic E-state index is 14.1. The Kier molecular flexibility index (Phi) is 7.28. The number of hydrogen-bond acceptors (Lipinski definition) is 9. The fraction of sp³-hybridized carbons (Fsp3) is 0.269. The van der Waals surface area contributed by atoms with Gasteiger partial charge in [-0.2, -0.15) is 11.8 Å². The Labute approximate surface area is 224 Å². The Hall–Kier alpha value is -3.61. The Morgan fingerprint density at radius 3 is 2.58 bits per heavy atom. The fourth-order valence-corrected chi connectivity index (χ4v) is 7.74. The molecule has 1 aliphatic rings. The summed E-state index contributed by atoms with van der Waals surface area (Å²) in [5.41, 5.74) is 12.4. The third-order valence-electron chi connectivity index (χ3n) is 6.69. The van der Waals surface area contributed by atoms with Crippen molar-refractivity contribution in [2.75, 3.05) is 19.4 Å². The summed E-state index contributed by atoms with van der Waals surface area (Å²) in [4.78, 5) is 11.9. The smallest absolute Gasteiger partial charge is 0.273 e. The average molecular weight is 553 g/mol. The number of benzene rings is 3. The lowest BCUT2D eigenvalue weighted by Gasteiger charge is -2.25. The number of methoxy groups -OCH3 is 1. The summed E-state index contributed by atoms with van der Waals surface area (Å²) < 4.78 is 34.6. The highest BCUT2D eigenvalue weighted by molar-refractivity contribution is 7.99. The van der Waals surface area contributed by atoms with Crippen LogP contribution in [0.15, 0.2) is 71.6 Å². The quantitative estimate of drug-likeness (QED) is 0.284. The van der Waals surface area contributed by atoms with Gasteiger partial charge in [-0.25, -0.2) is 13.1 Å². The molecular formula is C26H28N6O4S2. The molecule has 3 atom stereocenters. The summed E-state index contributed by atoms with van der Waals surface area (Å²) in [5.74, 6) is 0.511. The van der Waals surface area contributed by atoms with Crippen LogP contribution in [0.3, 0.4) is 0 Å². The number of primary amides is 1. The van der Waals surface area contributed by atoms with Crippen LogP contribution in [0.1, 0.15) is 27.8 Å². The highest BCUT2D eigenvalue weighted by Gasteiger charge is 2.43. The number of carbonyl (C=O) groups excluding carboxylic acids is 1. The van der Waals surface area contributed by atoms with Crippen molar-refractivity contribution in [1.29, 1.82) is 0 Å². The number of carbonyl (C=O) groups is 1. The summed E-state index contributed by atoms with van der Waals surface area (Å²) >= 11 is 1.74. The van der Waals surface area contributed by atoms with Crippen LogP contribution in [0.4, 0.5) is 5.82 Å². The van der Waals surface area contributed by atoms with Crippen molar-refractivity contribution >= 4 is 44.1 Å². The van der Waals surface area contributed by atoms with E-state index in [0.717, 1.165) is 32.5 Å². The number of nitrogen functional groups attached to an aromatic ring is 1. The number of ether oxygens (including phenoxy) is 1. The van der Waals surface area contributed by atoms with Crippen LogP contribution >= 0.6 is 11.8 Å². The Morgan fingerprint density at radius 2 is 1.89 bits per heavy atom. The molecule has 0 saturated carbocycles. The highest BCUT2D eigenvalue weighted by Crippen LogP contribution is 2.36. The predicted molar refractivity (Wildman–Crippen MR) is 148 cm³/mol. The van der Waals surface area contributed by atoms with Gasteiger partial charge in [0.25, 0.3) is 5.91 Å². The van der Waals surface area contributed by atoms with Gasteiger partial charge in [0, 0.05) is 23.6 Å². The normalized spacial score (nSPS) is 18.4. The minimum Gasteiger partial charge on any atom is -0.497 e. The molecule has 2 heterocycles. The first-order chi connectivity index (χ1) is 18.3. The van der Waals surface area contributed by atoms with E-state index in [-0.39, 0.29) is 21.7 Å². The van der Waals surface area contributed by atoms with Crippen molar-refractivity contribution in [1.82, 2.24) is 20.3 Å². The molecule has 1 fully saturated rings. The number of hydrogen-bond donors (Lipinski definition) is 3. The topological polar surface area (TPSA) is 155 Å². The van der Waals surface area contributed by atoms with Gasteiger partial charge in [0.1, 0.15) is 5.75 Å². The minimum absolute atomic E-state index is 0.132. The van der Waals surface area contributed by atoms with E-state index in [1.54, 1.807) is 37.1 Å². The second-order valence-electron chi connectivity index (χ2n) is 9.11. The molecule has 1 saturated heterocycles. The van der Waals surface area contributed by atoms with E-state index >= 15 is 0 Å². The van der Waals surface area contributed by atoms with Crippen LogP contribution in [0.5, 0.6) is 5.75 Å². The van der Waals surface area contributed by atoms with Gasteiger partial charge in [-0.05, 0) is 47.0 Å². The van der Waals surface area contributed by atoms with Crippen molar-refractivity contribution in [3.63, 3.8) is 0 Å². The molecule has 3 aromatic carbocycles. The summed E-state index contributed by atoms with van der Waals surface area (Å²) in [5, 5.41) is 11.8. The second kappa shape index (κ2) is 10.6. The Balaban J connectivity index is 1.44. The number of nitrogens with zero attached hydrogens (tertiary/aromatic N) is 3. The molecule has 3 unspecified atom stereocenters. The lowest BCUT2D eigenvalue weighted by atomic mass is 10.1. The molecule has 198 valence electrons. The van der Waals surface area contributed by atoms with E-state index in [0.29, 0.717) is 13.0 Å².